The predicted molar refractivity (Wildman–Crippen MR) is 434 cm³/mol. The summed E-state index contributed by atoms with van der Waals surface area (Å²) >= 11 is 0. The molecule has 10 heteroatoms. The molecule has 0 saturated carbocycles. The number of hydrogen-bond donors (Lipinski definition) is 4. The summed E-state index contributed by atoms with van der Waals surface area (Å²) in [6.07, 6.45) is 2.63. The molecule has 8 aromatic carbocycles. The van der Waals surface area contributed by atoms with E-state index in [1.807, 2.05) is 0 Å². The largest absolute Gasteiger partial charge is 0.507 e. The Morgan fingerprint density at radius 2 is 0.292 bits per heavy atom. The van der Waals surface area contributed by atoms with Gasteiger partial charge >= 0.3 is 0 Å². The number of fused-ring (bicyclic) bond motifs is 12. The van der Waals surface area contributed by atoms with Gasteiger partial charge in [0.1, 0.15) is 72.4 Å². The van der Waals surface area contributed by atoms with Gasteiger partial charge in [-0.1, -0.05) is 263 Å². The molecular formula is C96H124O10. The number of aromatic hydroxyl groups is 4. The van der Waals surface area contributed by atoms with Crippen molar-refractivity contribution in [3.63, 3.8) is 0 Å². The van der Waals surface area contributed by atoms with E-state index >= 15 is 0 Å². The van der Waals surface area contributed by atoms with Crippen LogP contribution in [0.25, 0.3) is 0 Å². The molecule has 4 heterocycles. The standard InChI is InChI=1S/C96H124O10/c1-89(2,3)73-41-57-33-65-49-77(93(13,14)15)51-67-35-59-43-74(90(4,5)6)45-61(82(59)98)37-69-53-79(95(19,20)21)55-71-39-63-47-76(92(10,11)12)48-64(84(63)100)40-72-56-80(96(22,23)24)54-70(88(72)106-32-28-101-25-29-103-85(65)67)38-62-46-75(91(7,8)9)44-60(83(62)99)36-68-52-78(94(16,17)18)50-66(34-58(42-73)81(57)97)86(68)104-30-26-102-27-31-105-87(69)71/h41-56,97-100H,25-40H2,1-24H3. The van der Waals surface area contributed by atoms with Crippen molar-refractivity contribution in [3.8, 4) is 46.0 Å². The highest BCUT2D eigenvalue weighted by atomic mass is 16.6. The molecule has 4 N–H and O–H groups in total. The highest BCUT2D eigenvalue weighted by molar-refractivity contribution is 5.63. The van der Waals surface area contributed by atoms with Gasteiger partial charge in [-0.25, -0.2) is 0 Å². The summed E-state index contributed by atoms with van der Waals surface area (Å²) in [6.45, 7) is 55.3. The van der Waals surface area contributed by atoms with E-state index in [1.54, 1.807) is 0 Å². The molecule has 10 nitrogen and oxygen atoms in total. The molecule has 0 aliphatic carbocycles. The molecule has 4 aliphatic heterocycles. The minimum absolute atomic E-state index is 0.192. The van der Waals surface area contributed by atoms with E-state index in [0.29, 0.717) is 74.4 Å². The number of rotatable bonds is 0. The van der Waals surface area contributed by atoms with Gasteiger partial charge < -0.3 is 48.8 Å². The second-order valence-corrected chi connectivity index (χ2v) is 39.1. The van der Waals surface area contributed by atoms with Crippen molar-refractivity contribution in [2.45, 2.75) is 261 Å². The molecule has 12 rings (SSSR count). The SMILES string of the molecule is CC(C)(C)c1cc2c(O)c(c1)Cc1cc(C(C)(C)C)cc3c1OCCOCCOc1c4cc(C(C)(C)C)cc1Cc1cc(C(C)(C)C)cc(c1O)Cc1cc(C(C)(C)C)cc(c1OCCOCCOc1c(cc(C(C)(C)C)cc1Cc1cc(C(C)(C)C)cc(c1O)C4)C2)Cc1cc(C(C)(C)C)cc(c1O)C3. The van der Waals surface area contributed by atoms with Crippen LogP contribution in [0.3, 0.4) is 0 Å². The first kappa shape index (κ1) is 79.1. The van der Waals surface area contributed by atoms with Gasteiger partial charge in [-0.05, 0) is 177 Å². The van der Waals surface area contributed by atoms with Crippen molar-refractivity contribution in [1.29, 1.82) is 0 Å². The van der Waals surface area contributed by atoms with Crippen molar-refractivity contribution < 1.29 is 48.8 Å². The summed E-state index contributed by atoms with van der Waals surface area (Å²) < 4.78 is 42.4. The minimum Gasteiger partial charge on any atom is -0.507 e. The molecule has 0 aromatic heterocycles. The van der Waals surface area contributed by atoms with E-state index in [4.69, 9.17) is 28.4 Å². The third-order valence-electron chi connectivity index (χ3n) is 21.9. The van der Waals surface area contributed by atoms with Crippen LogP contribution in [0.4, 0.5) is 0 Å². The smallest absolute Gasteiger partial charge is 0.126 e. The lowest BCUT2D eigenvalue weighted by Gasteiger charge is -2.28. The van der Waals surface area contributed by atoms with Gasteiger partial charge in [0.05, 0.1) is 26.4 Å². The van der Waals surface area contributed by atoms with E-state index in [9.17, 15) is 20.4 Å². The summed E-state index contributed by atoms with van der Waals surface area (Å²) in [4.78, 5) is 0. The highest BCUT2D eigenvalue weighted by Crippen LogP contribution is 2.48. The maximum absolute atomic E-state index is 13.4. The van der Waals surface area contributed by atoms with Crippen molar-refractivity contribution in [1.82, 2.24) is 0 Å². The van der Waals surface area contributed by atoms with E-state index < -0.39 is 0 Å². The van der Waals surface area contributed by atoms with Gasteiger partial charge in [0.25, 0.3) is 0 Å². The van der Waals surface area contributed by atoms with Crippen LogP contribution in [0.15, 0.2) is 97.1 Å². The van der Waals surface area contributed by atoms with Gasteiger partial charge in [-0.15, -0.1) is 0 Å². The van der Waals surface area contributed by atoms with Gasteiger partial charge in [0, 0.05) is 51.4 Å². The fourth-order valence-corrected chi connectivity index (χ4v) is 15.0. The first-order valence-electron chi connectivity index (χ1n) is 38.9. The first-order valence-corrected chi connectivity index (χ1v) is 38.9. The third-order valence-corrected chi connectivity index (χ3v) is 21.9. The van der Waals surface area contributed by atoms with Crippen LogP contribution in [-0.4, -0.2) is 73.3 Å². The quantitative estimate of drug-likeness (QED) is 0.109. The second-order valence-electron chi connectivity index (χ2n) is 39.1. The molecule has 0 amide bonds. The zero-order chi connectivity index (χ0) is 77.3. The van der Waals surface area contributed by atoms with Crippen LogP contribution < -0.4 is 18.9 Å². The molecule has 0 radical (unpaired) electrons. The summed E-state index contributed by atoms with van der Waals surface area (Å²) in [7, 11) is 0. The second kappa shape index (κ2) is 29.6. The van der Waals surface area contributed by atoms with Crippen LogP contribution in [-0.2, 0) is 104 Å². The Bertz CT molecular complexity index is 3820. The Labute approximate surface area is 635 Å². The Morgan fingerprint density at radius 1 is 0.179 bits per heavy atom. The fourth-order valence-electron chi connectivity index (χ4n) is 15.0. The van der Waals surface area contributed by atoms with Gasteiger partial charge in [0.2, 0.25) is 0 Å². The number of benzene rings is 8. The number of phenols is 4. The average molecular weight is 1440 g/mol. The molecule has 106 heavy (non-hydrogen) atoms. The summed E-state index contributed by atoms with van der Waals surface area (Å²) in [5, 5.41) is 53.5. The van der Waals surface area contributed by atoms with Crippen molar-refractivity contribution in [3.05, 3.63) is 231 Å². The molecule has 0 fully saturated rings. The van der Waals surface area contributed by atoms with Crippen molar-refractivity contribution in [2.75, 3.05) is 52.9 Å². The summed E-state index contributed by atoms with van der Waals surface area (Å²) in [6, 6.07) is 35.6. The monoisotopic (exact) mass is 1440 g/mol. The lowest BCUT2D eigenvalue weighted by molar-refractivity contribution is 0.0755. The predicted octanol–water partition coefficient (Wildman–Crippen LogP) is 21.5. The van der Waals surface area contributed by atoms with Gasteiger partial charge in [0.15, 0.2) is 0 Å². The maximum Gasteiger partial charge on any atom is 0.126 e. The van der Waals surface area contributed by atoms with Gasteiger partial charge in [-0.3, -0.25) is 0 Å². The average Bonchev–Trinajstić information content (AvgIpc) is 0.776. The molecule has 0 spiro atoms. The molecule has 0 unspecified atom stereocenters. The number of phenolic OH excluding ortho intramolecular Hbond substituents is 4. The molecule has 568 valence electrons. The van der Waals surface area contributed by atoms with E-state index in [0.717, 1.165) is 134 Å². The molecule has 0 saturated heterocycles. The Kier molecular flexibility index (Phi) is 22.1. The summed E-state index contributed by atoms with van der Waals surface area (Å²) in [5.74, 6) is 3.55. The molecule has 8 aromatic rings. The van der Waals surface area contributed by atoms with E-state index in [2.05, 4.69) is 263 Å². The van der Waals surface area contributed by atoms with Crippen LogP contribution >= 0.6 is 0 Å². The molecule has 20 bridgehead atoms. The number of hydrogen-bond acceptors (Lipinski definition) is 10. The van der Waals surface area contributed by atoms with Crippen LogP contribution in [0.2, 0.25) is 0 Å². The Hall–Kier alpha value is -7.92. The van der Waals surface area contributed by atoms with E-state index in [1.165, 1.54) is 0 Å². The van der Waals surface area contributed by atoms with Crippen molar-refractivity contribution >= 4 is 0 Å². The normalized spacial score (nSPS) is 15.7. The zero-order valence-electron chi connectivity index (χ0n) is 68.8. The van der Waals surface area contributed by atoms with Crippen LogP contribution in [0, 0.1) is 0 Å². The minimum atomic E-state index is -0.329. The Balaban J connectivity index is 1.30. The lowest BCUT2D eigenvalue weighted by atomic mass is 9.79. The highest BCUT2D eigenvalue weighted by Gasteiger charge is 2.33. The fraction of sp³-hybridized carbons (Fsp3) is 0.500. The van der Waals surface area contributed by atoms with Crippen LogP contribution in [0.5, 0.6) is 46.0 Å². The number of ether oxygens (including phenoxy) is 6. The summed E-state index contributed by atoms with van der Waals surface area (Å²) in [5.41, 5.74) is 19.4. The molecule has 4 aliphatic rings. The van der Waals surface area contributed by atoms with Gasteiger partial charge in [-0.2, -0.15) is 0 Å². The third kappa shape index (κ3) is 17.9. The zero-order valence-corrected chi connectivity index (χ0v) is 68.8. The first-order chi connectivity index (χ1) is 49.2. The lowest BCUT2D eigenvalue weighted by Crippen LogP contribution is -2.19. The molecular weight excluding hydrogens is 1310 g/mol. The Morgan fingerprint density at radius 3 is 0.406 bits per heavy atom. The maximum atomic E-state index is 13.4. The van der Waals surface area contributed by atoms with Crippen LogP contribution in [0.1, 0.15) is 300 Å². The molecule has 0 atom stereocenters. The van der Waals surface area contributed by atoms with Crippen molar-refractivity contribution in [2.24, 2.45) is 0 Å². The van der Waals surface area contributed by atoms with E-state index in [-0.39, 0.29) is 119 Å². The topological polar surface area (TPSA) is 136 Å².